The zero-order chi connectivity index (χ0) is 8.69. The average molecular weight is 222 g/mol. The largest absolute Gasteiger partial charge is 0.272 e. The summed E-state index contributed by atoms with van der Waals surface area (Å²) in [6.45, 7) is 1.87. The highest BCUT2D eigenvalue weighted by molar-refractivity contribution is 9.09. The molecule has 0 aliphatic heterocycles. The van der Waals surface area contributed by atoms with E-state index in [9.17, 15) is 9.59 Å². The van der Waals surface area contributed by atoms with Gasteiger partial charge < -0.3 is 0 Å². The Bertz CT molecular complexity index is 150. The van der Waals surface area contributed by atoms with Crippen LogP contribution in [0.1, 0.15) is 19.8 Å². The lowest BCUT2D eigenvalue weighted by Gasteiger charge is -1.99. The molecule has 0 saturated heterocycles. The van der Waals surface area contributed by atoms with E-state index in [4.69, 9.17) is 0 Å². The first kappa shape index (κ1) is 10.4. The summed E-state index contributed by atoms with van der Waals surface area (Å²) in [7, 11) is 0. The van der Waals surface area contributed by atoms with Crippen molar-refractivity contribution in [2.45, 2.75) is 19.8 Å². The van der Waals surface area contributed by atoms with Crippen molar-refractivity contribution in [2.75, 3.05) is 5.33 Å². The monoisotopic (exact) mass is 221 g/mol. The zero-order valence-electron chi connectivity index (χ0n) is 6.26. The lowest BCUT2D eigenvalue weighted by atomic mass is 10.3. The van der Waals surface area contributed by atoms with Crippen LogP contribution >= 0.6 is 15.9 Å². The predicted octanol–water partition coefficient (Wildman–Crippen LogP) is 0.344. The molecule has 5 heteroatoms. The molecular weight excluding hydrogens is 212 g/mol. The smallest absolute Gasteiger partial charge is 0.262 e. The van der Waals surface area contributed by atoms with Crippen molar-refractivity contribution >= 4 is 27.7 Å². The molecule has 0 unspecified atom stereocenters. The van der Waals surface area contributed by atoms with E-state index < -0.39 is 0 Å². The van der Waals surface area contributed by atoms with Crippen LogP contribution in [0.4, 0.5) is 0 Å². The van der Waals surface area contributed by atoms with Crippen LogP contribution in [0.25, 0.3) is 0 Å². The number of rotatable bonds is 3. The maximum Gasteiger partial charge on any atom is 0.262 e. The van der Waals surface area contributed by atoms with Gasteiger partial charge in [0.1, 0.15) is 0 Å². The van der Waals surface area contributed by atoms with Crippen molar-refractivity contribution in [3.05, 3.63) is 0 Å². The summed E-state index contributed by atoms with van der Waals surface area (Å²) < 4.78 is 0. The fraction of sp³-hybridized carbons (Fsp3) is 0.667. The van der Waals surface area contributed by atoms with Crippen LogP contribution < -0.4 is 10.9 Å². The second-order valence-corrected chi connectivity index (χ2v) is 2.48. The lowest BCUT2D eigenvalue weighted by Crippen LogP contribution is -2.35. The van der Waals surface area contributed by atoms with Gasteiger partial charge in [0.25, 0.3) is 11.8 Å². The molecule has 0 fully saturated rings. The van der Waals surface area contributed by atoms with Crippen molar-refractivity contribution < 1.29 is 9.59 Å². The van der Waals surface area contributed by atoms with Gasteiger partial charge in [-0.15, -0.1) is 5.43 Å². The van der Waals surface area contributed by atoms with Crippen molar-refractivity contribution in [3.63, 3.8) is 0 Å². The Morgan fingerprint density at radius 3 is 2.64 bits per heavy atom. The highest BCUT2D eigenvalue weighted by Crippen LogP contribution is 1.85. The molecule has 0 aromatic carbocycles. The molecule has 0 atom stereocenters. The molecule has 0 aromatic heterocycles. The minimum absolute atomic E-state index is 0.163. The number of halogens is 1. The van der Waals surface area contributed by atoms with Crippen LogP contribution in [0.5, 0.6) is 0 Å². The predicted molar refractivity (Wildman–Crippen MR) is 44.0 cm³/mol. The zero-order valence-corrected chi connectivity index (χ0v) is 7.85. The molecule has 1 radical (unpaired) electrons. The number of hydrogen-bond donors (Lipinski definition) is 1. The van der Waals surface area contributed by atoms with E-state index in [0.29, 0.717) is 6.42 Å². The molecule has 0 aliphatic carbocycles. The summed E-state index contributed by atoms with van der Waals surface area (Å²) in [6.07, 6.45) is 1.12. The topological polar surface area (TPSA) is 60.3 Å². The lowest BCUT2D eigenvalue weighted by molar-refractivity contribution is -0.128. The summed E-state index contributed by atoms with van der Waals surface area (Å²) in [6, 6.07) is 0. The number of hydrogen-bond acceptors (Lipinski definition) is 2. The highest BCUT2D eigenvalue weighted by Gasteiger charge is 2.02. The first-order valence-electron chi connectivity index (χ1n) is 3.29. The van der Waals surface area contributed by atoms with Crippen LogP contribution in [0.3, 0.4) is 0 Å². The van der Waals surface area contributed by atoms with Gasteiger partial charge >= 0.3 is 0 Å². The standard InChI is InChI=1S/C6H10BrN2O2/c1-2-3-5(10)8-9-6(11)4-7/h2-4H2,1H3,(H,9,11). The quantitative estimate of drug-likeness (QED) is 0.553. The molecule has 0 aliphatic rings. The summed E-state index contributed by atoms with van der Waals surface area (Å²) in [4.78, 5) is 21.2. The summed E-state index contributed by atoms with van der Waals surface area (Å²) in [5.74, 6) is -0.601. The van der Waals surface area contributed by atoms with E-state index in [2.05, 4.69) is 26.8 Å². The Morgan fingerprint density at radius 1 is 1.55 bits per heavy atom. The van der Waals surface area contributed by atoms with E-state index in [0.717, 1.165) is 6.42 Å². The van der Waals surface area contributed by atoms with E-state index in [1.54, 1.807) is 0 Å². The Hall–Kier alpha value is -0.580. The third-order valence-corrected chi connectivity index (χ3v) is 1.40. The van der Waals surface area contributed by atoms with Gasteiger partial charge in [-0.1, -0.05) is 22.9 Å². The van der Waals surface area contributed by atoms with Crippen LogP contribution in [-0.4, -0.2) is 17.1 Å². The van der Waals surface area contributed by atoms with E-state index in [1.807, 2.05) is 6.92 Å². The molecule has 0 heterocycles. The third kappa shape index (κ3) is 5.84. The van der Waals surface area contributed by atoms with Gasteiger partial charge in [-0.25, -0.2) is 5.43 Å². The molecule has 4 nitrogen and oxygen atoms in total. The van der Waals surface area contributed by atoms with Gasteiger partial charge in [-0.3, -0.25) is 9.59 Å². The number of amides is 2. The third-order valence-electron chi connectivity index (χ3n) is 0.891. The van der Waals surface area contributed by atoms with Crippen LogP contribution in [-0.2, 0) is 9.59 Å². The van der Waals surface area contributed by atoms with Gasteiger partial charge in [0.2, 0.25) is 0 Å². The fourth-order valence-corrected chi connectivity index (χ4v) is 0.550. The van der Waals surface area contributed by atoms with Gasteiger partial charge in [0.05, 0.1) is 5.33 Å². The molecule has 0 bridgehead atoms. The van der Waals surface area contributed by atoms with E-state index in [1.165, 1.54) is 0 Å². The molecule has 11 heavy (non-hydrogen) atoms. The number of carbonyl (C=O) groups is 2. The number of alkyl halides is 1. The maximum absolute atomic E-state index is 10.7. The van der Waals surface area contributed by atoms with Crippen LogP contribution in [0.2, 0.25) is 0 Å². The van der Waals surface area contributed by atoms with Crippen LogP contribution in [0, 0.1) is 0 Å². The molecular formula is C6H10BrN2O2. The number of nitrogens with zero attached hydrogens (tertiary/aromatic N) is 1. The van der Waals surface area contributed by atoms with Crippen molar-refractivity contribution in [3.8, 4) is 0 Å². The Labute approximate surface area is 73.8 Å². The van der Waals surface area contributed by atoms with Crippen LogP contribution in [0.15, 0.2) is 0 Å². The van der Waals surface area contributed by atoms with Gasteiger partial charge in [-0.05, 0) is 6.42 Å². The van der Waals surface area contributed by atoms with Crippen molar-refractivity contribution in [2.24, 2.45) is 0 Å². The SMILES string of the molecule is CCCC(=O)[N]NC(=O)CBr. The molecule has 2 amide bonds. The second-order valence-electron chi connectivity index (χ2n) is 1.92. The van der Waals surface area contributed by atoms with Gasteiger partial charge in [-0.2, -0.15) is 0 Å². The Morgan fingerprint density at radius 2 is 2.18 bits per heavy atom. The molecule has 0 saturated carbocycles. The minimum atomic E-state index is -0.311. The van der Waals surface area contributed by atoms with Gasteiger partial charge in [0.15, 0.2) is 0 Å². The summed E-state index contributed by atoms with van der Waals surface area (Å²) in [5.41, 5.74) is 5.42. The maximum atomic E-state index is 10.7. The number of nitrogens with one attached hydrogen (secondary N) is 1. The first-order chi connectivity index (χ1) is 5.20. The average Bonchev–Trinajstić information content (AvgIpc) is 2.01. The summed E-state index contributed by atoms with van der Waals surface area (Å²) >= 11 is 2.92. The summed E-state index contributed by atoms with van der Waals surface area (Å²) in [5, 5.41) is 0.163. The normalized spacial score (nSPS) is 8.91. The molecule has 63 valence electrons. The fourth-order valence-electron chi connectivity index (χ4n) is 0.424. The molecule has 0 spiro atoms. The van der Waals surface area contributed by atoms with Crippen molar-refractivity contribution in [1.82, 2.24) is 10.9 Å². The second kappa shape index (κ2) is 6.15. The Balaban J connectivity index is 3.38. The van der Waals surface area contributed by atoms with E-state index in [-0.39, 0.29) is 17.1 Å². The highest BCUT2D eigenvalue weighted by atomic mass is 79.9. The van der Waals surface area contributed by atoms with Gasteiger partial charge in [0, 0.05) is 6.42 Å². The van der Waals surface area contributed by atoms with Crippen molar-refractivity contribution in [1.29, 1.82) is 0 Å². The minimum Gasteiger partial charge on any atom is -0.272 e. The first-order valence-corrected chi connectivity index (χ1v) is 4.41. The molecule has 1 N–H and O–H groups in total. The number of carbonyl (C=O) groups excluding carboxylic acids is 2. The Kier molecular flexibility index (Phi) is 5.83. The molecule has 0 rings (SSSR count). The molecule has 0 aromatic rings. The van der Waals surface area contributed by atoms with E-state index >= 15 is 0 Å².